The predicted octanol–water partition coefficient (Wildman–Crippen LogP) is 3.59. The molecule has 0 fully saturated rings. The van der Waals surface area contributed by atoms with Crippen LogP contribution in [0.1, 0.15) is 41.5 Å². The van der Waals surface area contributed by atoms with Crippen LogP contribution in [0.15, 0.2) is 42.5 Å². The van der Waals surface area contributed by atoms with E-state index in [0.717, 1.165) is 0 Å². The number of para-hydroxylation sites is 1. The number of carboxylic acid groups (broad SMARTS) is 1. The number of anilines is 1. The van der Waals surface area contributed by atoms with E-state index in [0.29, 0.717) is 11.1 Å². The fourth-order valence-electron chi connectivity index (χ4n) is 2.15. The van der Waals surface area contributed by atoms with E-state index >= 15 is 0 Å². The second kappa shape index (κ2) is 6.12. The van der Waals surface area contributed by atoms with Crippen LogP contribution in [0.5, 0.6) is 0 Å². The largest absolute Gasteiger partial charge is 0.478 e. The van der Waals surface area contributed by atoms with Crippen LogP contribution >= 0.6 is 0 Å². The molecule has 0 spiro atoms. The van der Waals surface area contributed by atoms with E-state index < -0.39 is 17.5 Å². The summed E-state index contributed by atoms with van der Waals surface area (Å²) in [5.74, 6) is -1.53. The van der Waals surface area contributed by atoms with E-state index in [2.05, 4.69) is 0 Å². The van der Waals surface area contributed by atoms with Crippen LogP contribution in [0.3, 0.4) is 0 Å². The Morgan fingerprint density at radius 2 is 1.74 bits per heavy atom. The first-order valence-electron chi connectivity index (χ1n) is 7.14. The molecule has 5 nitrogen and oxygen atoms in total. The van der Waals surface area contributed by atoms with Crippen molar-refractivity contribution in [3.05, 3.63) is 53.6 Å². The van der Waals surface area contributed by atoms with Gasteiger partial charge in [0.05, 0.1) is 16.8 Å². The van der Waals surface area contributed by atoms with Crippen LogP contribution < -0.4 is 5.73 Å². The molecule has 0 heterocycles. The van der Waals surface area contributed by atoms with Crippen molar-refractivity contribution in [1.82, 2.24) is 0 Å². The van der Waals surface area contributed by atoms with Crippen molar-refractivity contribution in [3.8, 4) is 11.1 Å². The van der Waals surface area contributed by atoms with Crippen molar-refractivity contribution in [3.63, 3.8) is 0 Å². The molecule has 0 atom stereocenters. The Morgan fingerprint density at radius 3 is 2.35 bits per heavy atom. The molecule has 0 saturated heterocycles. The van der Waals surface area contributed by atoms with E-state index in [1.54, 1.807) is 51.1 Å². The quantitative estimate of drug-likeness (QED) is 0.667. The molecule has 5 heteroatoms. The van der Waals surface area contributed by atoms with Crippen molar-refractivity contribution in [2.75, 3.05) is 5.73 Å². The molecular weight excluding hydrogens is 294 g/mol. The Kier molecular flexibility index (Phi) is 4.40. The van der Waals surface area contributed by atoms with Crippen molar-refractivity contribution in [2.24, 2.45) is 0 Å². The normalized spacial score (nSPS) is 11.1. The highest BCUT2D eigenvalue weighted by Gasteiger charge is 2.21. The molecule has 0 bridgehead atoms. The molecule has 120 valence electrons. The smallest absolute Gasteiger partial charge is 0.340 e. The molecule has 0 aliphatic heterocycles. The molecule has 2 aromatic carbocycles. The first-order valence-corrected chi connectivity index (χ1v) is 7.14. The Bertz CT molecular complexity index is 760. The fraction of sp³-hybridized carbons (Fsp3) is 0.222. The molecule has 2 rings (SSSR count). The summed E-state index contributed by atoms with van der Waals surface area (Å²) in [6.07, 6.45) is 0. The summed E-state index contributed by atoms with van der Waals surface area (Å²) in [6.45, 7) is 5.34. The van der Waals surface area contributed by atoms with E-state index in [9.17, 15) is 9.59 Å². The minimum absolute atomic E-state index is 0.157. The average Bonchev–Trinajstić information content (AvgIpc) is 2.45. The summed E-state index contributed by atoms with van der Waals surface area (Å²) in [5.41, 5.74) is 7.40. The molecule has 0 amide bonds. The molecular formula is C18H19NO4. The summed E-state index contributed by atoms with van der Waals surface area (Å²) in [4.78, 5) is 23.3. The van der Waals surface area contributed by atoms with Crippen LogP contribution in [-0.2, 0) is 4.74 Å². The Hall–Kier alpha value is -2.82. The van der Waals surface area contributed by atoms with Gasteiger partial charge in [-0.15, -0.1) is 0 Å². The van der Waals surface area contributed by atoms with Crippen molar-refractivity contribution < 1.29 is 19.4 Å². The highest BCUT2D eigenvalue weighted by atomic mass is 16.6. The minimum Gasteiger partial charge on any atom is -0.478 e. The Labute approximate surface area is 134 Å². The molecule has 23 heavy (non-hydrogen) atoms. The van der Waals surface area contributed by atoms with Gasteiger partial charge in [0.2, 0.25) is 0 Å². The van der Waals surface area contributed by atoms with E-state index in [-0.39, 0.29) is 16.8 Å². The summed E-state index contributed by atoms with van der Waals surface area (Å²) < 4.78 is 5.34. The maximum Gasteiger partial charge on any atom is 0.340 e. The number of carbonyl (C=O) groups excluding carboxylic acids is 1. The van der Waals surface area contributed by atoms with Gasteiger partial charge in [-0.05, 0) is 44.5 Å². The van der Waals surface area contributed by atoms with E-state index in [4.69, 9.17) is 15.6 Å². The number of ether oxygens (including phenoxy) is 1. The zero-order chi connectivity index (χ0) is 17.2. The molecule has 0 radical (unpaired) electrons. The average molecular weight is 313 g/mol. The summed E-state index contributed by atoms with van der Waals surface area (Å²) in [6, 6.07) is 11.4. The number of hydrogen-bond donors (Lipinski definition) is 2. The van der Waals surface area contributed by atoms with Crippen LogP contribution in [-0.4, -0.2) is 22.6 Å². The van der Waals surface area contributed by atoms with E-state index in [1.807, 2.05) is 0 Å². The number of esters is 1. The molecule has 0 aliphatic rings. The number of rotatable bonds is 3. The summed E-state index contributed by atoms with van der Waals surface area (Å²) in [5, 5.41) is 9.09. The van der Waals surface area contributed by atoms with Gasteiger partial charge in [-0.3, -0.25) is 0 Å². The van der Waals surface area contributed by atoms with Gasteiger partial charge in [-0.25, -0.2) is 9.59 Å². The van der Waals surface area contributed by atoms with Gasteiger partial charge in [0.25, 0.3) is 0 Å². The van der Waals surface area contributed by atoms with Crippen LogP contribution in [0.4, 0.5) is 5.69 Å². The van der Waals surface area contributed by atoms with Gasteiger partial charge in [-0.1, -0.05) is 24.3 Å². The standard InChI is InChI=1S/C18H19NO4/c1-18(2,3)23-17(22)14-9-5-8-13(15(14)19)11-6-4-7-12(10-11)16(20)21/h4-10H,19H2,1-3H3,(H,20,21). The molecule has 3 N–H and O–H groups in total. The third-order valence-corrected chi connectivity index (χ3v) is 3.15. The maximum atomic E-state index is 12.2. The molecule has 0 aromatic heterocycles. The lowest BCUT2D eigenvalue weighted by Crippen LogP contribution is -2.24. The Balaban J connectivity index is 2.46. The molecule has 2 aromatic rings. The highest BCUT2D eigenvalue weighted by molar-refractivity contribution is 6.00. The van der Waals surface area contributed by atoms with Gasteiger partial charge < -0.3 is 15.6 Å². The van der Waals surface area contributed by atoms with E-state index in [1.165, 1.54) is 12.1 Å². The lowest BCUT2D eigenvalue weighted by molar-refractivity contribution is 0.00706. The zero-order valence-corrected chi connectivity index (χ0v) is 13.3. The summed E-state index contributed by atoms with van der Waals surface area (Å²) in [7, 11) is 0. The van der Waals surface area contributed by atoms with Gasteiger partial charge in [0.1, 0.15) is 5.60 Å². The number of nitrogens with two attached hydrogens (primary N) is 1. The first-order chi connectivity index (χ1) is 10.7. The predicted molar refractivity (Wildman–Crippen MR) is 88.4 cm³/mol. The lowest BCUT2D eigenvalue weighted by Gasteiger charge is -2.20. The highest BCUT2D eigenvalue weighted by Crippen LogP contribution is 2.30. The maximum absolute atomic E-state index is 12.2. The number of carbonyl (C=O) groups is 2. The number of carboxylic acids is 1. The number of nitrogen functional groups attached to an aromatic ring is 1. The molecule has 0 unspecified atom stereocenters. The fourth-order valence-corrected chi connectivity index (χ4v) is 2.15. The second-order valence-electron chi connectivity index (χ2n) is 6.15. The van der Waals surface area contributed by atoms with Crippen LogP contribution in [0, 0.1) is 0 Å². The van der Waals surface area contributed by atoms with Crippen molar-refractivity contribution >= 4 is 17.6 Å². The molecule has 0 saturated carbocycles. The van der Waals surface area contributed by atoms with Gasteiger partial charge in [0, 0.05) is 5.56 Å². The SMILES string of the molecule is CC(C)(C)OC(=O)c1cccc(-c2cccc(C(=O)O)c2)c1N. The molecule has 0 aliphatic carbocycles. The Morgan fingerprint density at radius 1 is 1.09 bits per heavy atom. The third-order valence-electron chi connectivity index (χ3n) is 3.15. The van der Waals surface area contributed by atoms with Crippen molar-refractivity contribution in [1.29, 1.82) is 0 Å². The topological polar surface area (TPSA) is 89.6 Å². The number of aromatic carboxylic acids is 1. The number of hydrogen-bond acceptors (Lipinski definition) is 4. The first kappa shape index (κ1) is 16.5. The van der Waals surface area contributed by atoms with Crippen LogP contribution in [0.2, 0.25) is 0 Å². The van der Waals surface area contributed by atoms with Gasteiger partial charge in [0.15, 0.2) is 0 Å². The minimum atomic E-state index is -1.02. The monoisotopic (exact) mass is 313 g/mol. The van der Waals surface area contributed by atoms with Crippen LogP contribution in [0.25, 0.3) is 11.1 Å². The second-order valence-corrected chi connectivity index (χ2v) is 6.15. The number of benzene rings is 2. The third kappa shape index (κ3) is 3.88. The van der Waals surface area contributed by atoms with Gasteiger partial charge in [-0.2, -0.15) is 0 Å². The van der Waals surface area contributed by atoms with Gasteiger partial charge >= 0.3 is 11.9 Å². The summed E-state index contributed by atoms with van der Waals surface area (Å²) >= 11 is 0. The zero-order valence-electron chi connectivity index (χ0n) is 13.3. The lowest BCUT2D eigenvalue weighted by atomic mass is 9.98. The van der Waals surface area contributed by atoms with Crippen molar-refractivity contribution in [2.45, 2.75) is 26.4 Å².